The third-order valence-corrected chi connectivity index (χ3v) is 5.33. The first-order valence-corrected chi connectivity index (χ1v) is 10.7. The monoisotopic (exact) mass is 416 g/mol. The average molecular weight is 417 g/mol. The summed E-state index contributed by atoms with van der Waals surface area (Å²) < 4.78 is 5.80. The van der Waals surface area contributed by atoms with Crippen molar-refractivity contribution in [1.29, 1.82) is 0 Å². The van der Waals surface area contributed by atoms with Crippen molar-refractivity contribution in [3.05, 3.63) is 90.3 Å². The summed E-state index contributed by atoms with van der Waals surface area (Å²) in [6.07, 6.45) is 1.83. The maximum absolute atomic E-state index is 12.4. The van der Waals surface area contributed by atoms with Crippen molar-refractivity contribution in [3.8, 4) is 5.75 Å². The lowest BCUT2D eigenvalue weighted by atomic mass is 10.2. The van der Waals surface area contributed by atoms with Gasteiger partial charge >= 0.3 is 0 Å². The number of nitrogens with one attached hydrogen (secondary N) is 1. The molecule has 6 nitrogen and oxygen atoms in total. The number of aromatic nitrogens is 1. The smallest absolute Gasteiger partial charge is 0.238 e. The van der Waals surface area contributed by atoms with E-state index in [1.807, 2.05) is 72.9 Å². The number of carbonyl (C=O) groups excluding carboxylic acids is 1. The van der Waals surface area contributed by atoms with Crippen molar-refractivity contribution in [3.63, 3.8) is 0 Å². The molecule has 1 saturated heterocycles. The Balaban J connectivity index is 1.18. The molecule has 0 bridgehead atoms. The van der Waals surface area contributed by atoms with Gasteiger partial charge in [0.2, 0.25) is 5.91 Å². The van der Waals surface area contributed by atoms with Gasteiger partial charge < -0.3 is 10.1 Å². The van der Waals surface area contributed by atoms with Crippen LogP contribution in [0.25, 0.3) is 0 Å². The fourth-order valence-electron chi connectivity index (χ4n) is 3.61. The van der Waals surface area contributed by atoms with Gasteiger partial charge in [0.05, 0.1) is 12.2 Å². The number of hydrogen-bond donors (Lipinski definition) is 1. The summed E-state index contributed by atoms with van der Waals surface area (Å²) in [5.41, 5.74) is 3.00. The molecule has 6 heteroatoms. The van der Waals surface area contributed by atoms with Crippen LogP contribution in [0.5, 0.6) is 5.75 Å². The number of amides is 1. The molecule has 160 valence electrons. The Morgan fingerprint density at radius 3 is 2.29 bits per heavy atom. The van der Waals surface area contributed by atoms with Crippen LogP contribution >= 0.6 is 0 Å². The number of anilines is 1. The van der Waals surface area contributed by atoms with E-state index in [2.05, 4.69) is 26.2 Å². The zero-order valence-corrected chi connectivity index (χ0v) is 17.6. The molecular weight excluding hydrogens is 388 g/mol. The highest BCUT2D eigenvalue weighted by Gasteiger charge is 2.19. The van der Waals surface area contributed by atoms with E-state index < -0.39 is 0 Å². The summed E-state index contributed by atoms with van der Waals surface area (Å²) in [6, 6.07) is 23.6. The first-order valence-electron chi connectivity index (χ1n) is 10.7. The van der Waals surface area contributed by atoms with Crippen molar-refractivity contribution in [2.45, 2.75) is 13.2 Å². The normalized spacial score (nSPS) is 14.8. The lowest BCUT2D eigenvalue weighted by Crippen LogP contribution is -2.48. The van der Waals surface area contributed by atoms with Crippen LogP contribution in [-0.2, 0) is 17.9 Å². The molecule has 31 heavy (non-hydrogen) atoms. The minimum Gasteiger partial charge on any atom is -0.489 e. The predicted molar refractivity (Wildman–Crippen MR) is 122 cm³/mol. The minimum absolute atomic E-state index is 0.0103. The van der Waals surface area contributed by atoms with Gasteiger partial charge in [-0.25, -0.2) is 0 Å². The van der Waals surface area contributed by atoms with Gasteiger partial charge in [0.15, 0.2) is 0 Å². The fraction of sp³-hybridized carbons (Fsp3) is 0.280. The molecule has 2 aromatic carbocycles. The molecule has 1 aliphatic rings. The molecule has 1 amide bonds. The Morgan fingerprint density at radius 2 is 1.58 bits per heavy atom. The summed E-state index contributed by atoms with van der Waals surface area (Å²) >= 11 is 0. The summed E-state index contributed by atoms with van der Waals surface area (Å²) in [6.45, 7) is 5.44. The summed E-state index contributed by atoms with van der Waals surface area (Å²) in [5.74, 6) is 0.794. The van der Waals surface area contributed by atoms with E-state index in [1.54, 1.807) is 0 Å². The van der Waals surface area contributed by atoms with Crippen molar-refractivity contribution in [2.24, 2.45) is 0 Å². The Kier molecular flexibility index (Phi) is 7.26. The maximum Gasteiger partial charge on any atom is 0.238 e. The molecule has 4 rings (SSSR count). The lowest BCUT2D eigenvalue weighted by molar-refractivity contribution is -0.117. The van der Waals surface area contributed by atoms with Gasteiger partial charge in [0.25, 0.3) is 0 Å². The quantitative estimate of drug-likeness (QED) is 0.610. The van der Waals surface area contributed by atoms with E-state index in [1.165, 1.54) is 0 Å². The number of nitrogens with zero attached hydrogens (tertiary/aromatic N) is 3. The van der Waals surface area contributed by atoms with E-state index in [4.69, 9.17) is 4.74 Å². The van der Waals surface area contributed by atoms with Crippen LogP contribution in [0.4, 0.5) is 5.69 Å². The second kappa shape index (κ2) is 10.7. The predicted octanol–water partition coefficient (Wildman–Crippen LogP) is 3.42. The molecule has 3 aromatic rings. The number of piperazine rings is 1. The zero-order chi connectivity index (χ0) is 21.3. The molecule has 2 heterocycles. The summed E-state index contributed by atoms with van der Waals surface area (Å²) in [4.78, 5) is 21.4. The van der Waals surface area contributed by atoms with Crippen molar-refractivity contribution < 1.29 is 9.53 Å². The number of carbonyl (C=O) groups is 1. The van der Waals surface area contributed by atoms with Crippen molar-refractivity contribution in [1.82, 2.24) is 14.8 Å². The van der Waals surface area contributed by atoms with Crippen molar-refractivity contribution in [2.75, 3.05) is 38.0 Å². The van der Waals surface area contributed by atoms with Crippen LogP contribution in [0, 0.1) is 0 Å². The highest BCUT2D eigenvalue weighted by Crippen LogP contribution is 2.17. The molecule has 1 aromatic heterocycles. The number of benzene rings is 2. The standard InChI is InChI=1S/C25H28N4O2/c30-25(19-29-16-14-28(15-17-29)18-23-8-4-5-13-26-23)27-22-9-11-24(12-10-22)31-20-21-6-2-1-3-7-21/h1-13H,14-20H2,(H,27,30). The second-order valence-electron chi connectivity index (χ2n) is 7.72. The van der Waals surface area contributed by atoms with Gasteiger partial charge in [-0.3, -0.25) is 19.6 Å². The molecule has 0 unspecified atom stereocenters. The Hall–Kier alpha value is -3.22. The number of hydrogen-bond acceptors (Lipinski definition) is 5. The molecule has 0 atom stereocenters. The lowest BCUT2D eigenvalue weighted by Gasteiger charge is -2.34. The molecule has 1 fully saturated rings. The molecule has 1 aliphatic heterocycles. The zero-order valence-electron chi connectivity index (χ0n) is 17.6. The van der Waals surface area contributed by atoms with E-state index in [0.29, 0.717) is 13.2 Å². The topological polar surface area (TPSA) is 57.7 Å². The van der Waals surface area contributed by atoms with E-state index in [9.17, 15) is 4.79 Å². The SMILES string of the molecule is O=C(CN1CCN(Cc2ccccn2)CC1)Nc1ccc(OCc2ccccc2)cc1. The molecule has 0 radical (unpaired) electrons. The molecule has 1 N–H and O–H groups in total. The largest absolute Gasteiger partial charge is 0.489 e. The maximum atomic E-state index is 12.4. The number of pyridine rings is 1. The molecule has 0 saturated carbocycles. The Labute approximate surface area is 183 Å². The van der Waals surface area contributed by atoms with Gasteiger partial charge in [0.1, 0.15) is 12.4 Å². The first-order chi connectivity index (χ1) is 15.2. The molecule has 0 spiro atoms. The second-order valence-corrected chi connectivity index (χ2v) is 7.72. The van der Waals surface area contributed by atoms with Crippen LogP contribution in [0.2, 0.25) is 0 Å². The van der Waals surface area contributed by atoms with Crippen molar-refractivity contribution >= 4 is 11.6 Å². The van der Waals surface area contributed by atoms with Crippen LogP contribution in [0.3, 0.4) is 0 Å². The van der Waals surface area contributed by atoms with Crippen LogP contribution < -0.4 is 10.1 Å². The third kappa shape index (κ3) is 6.64. The van der Waals surface area contributed by atoms with Crippen LogP contribution in [0.15, 0.2) is 79.0 Å². The van der Waals surface area contributed by atoms with Crippen LogP contribution in [-0.4, -0.2) is 53.4 Å². The summed E-state index contributed by atoms with van der Waals surface area (Å²) in [5, 5.41) is 2.98. The highest BCUT2D eigenvalue weighted by molar-refractivity contribution is 5.92. The van der Waals surface area contributed by atoms with Gasteiger partial charge in [0, 0.05) is 44.6 Å². The molecule has 0 aliphatic carbocycles. The third-order valence-electron chi connectivity index (χ3n) is 5.33. The van der Waals surface area contributed by atoms with E-state index in [-0.39, 0.29) is 5.91 Å². The van der Waals surface area contributed by atoms with Gasteiger partial charge in [-0.05, 0) is 42.0 Å². The van der Waals surface area contributed by atoms with Gasteiger partial charge in [-0.1, -0.05) is 36.4 Å². The van der Waals surface area contributed by atoms with Gasteiger partial charge in [-0.2, -0.15) is 0 Å². The van der Waals surface area contributed by atoms with E-state index in [0.717, 1.165) is 55.4 Å². The fourth-order valence-corrected chi connectivity index (χ4v) is 3.61. The highest BCUT2D eigenvalue weighted by atomic mass is 16.5. The van der Waals surface area contributed by atoms with Gasteiger partial charge in [-0.15, -0.1) is 0 Å². The summed E-state index contributed by atoms with van der Waals surface area (Å²) in [7, 11) is 0. The Morgan fingerprint density at radius 1 is 0.871 bits per heavy atom. The molecular formula is C25H28N4O2. The first kappa shape index (κ1) is 21.0. The Bertz CT molecular complexity index is 940. The average Bonchev–Trinajstić information content (AvgIpc) is 2.81. The number of ether oxygens (including phenoxy) is 1. The minimum atomic E-state index is 0.0103. The van der Waals surface area contributed by atoms with Crippen LogP contribution in [0.1, 0.15) is 11.3 Å². The number of rotatable bonds is 8. The van der Waals surface area contributed by atoms with E-state index >= 15 is 0 Å².